The molecule has 2 aromatic rings. The molecule has 2 heterocycles. The number of hydrogen-bond donors (Lipinski definition) is 1. The van der Waals surface area contributed by atoms with Crippen molar-refractivity contribution in [3.8, 4) is 0 Å². The maximum atomic E-state index is 12.6. The van der Waals surface area contributed by atoms with Crippen molar-refractivity contribution < 1.29 is 9.32 Å². The van der Waals surface area contributed by atoms with Crippen molar-refractivity contribution in [3.63, 3.8) is 0 Å². The smallest absolute Gasteiger partial charge is 0.225 e. The fourth-order valence-corrected chi connectivity index (χ4v) is 3.30. The molecule has 0 aliphatic carbocycles. The molecule has 5 nitrogen and oxygen atoms in total. The number of nitrogens with zero attached hydrogens (tertiary/aromatic N) is 2. The summed E-state index contributed by atoms with van der Waals surface area (Å²) in [4.78, 5) is 15.0. The maximum Gasteiger partial charge on any atom is 0.225 e. The zero-order valence-electron chi connectivity index (χ0n) is 14.4. The highest BCUT2D eigenvalue weighted by molar-refractivity contribution is 5.79. The number of aromatic nitrogens is 1. The zero-order chi connectivity index (χ0) is 16.9. The molecule has 1 aromatic heterocycles. The van der Waals surface area contributed by atoms with Crippen LogP contribution in [0.3, 0.4) is 0 Å². The number of hydrogen-bond acceptors (Lipinski definition) is 4. The first-order valence-corrected chi connectivity index (χ1v) is 8.62. The summed E-state index contributed by atoms with van der Waals surface area (Å²) in [5.74, 6) is 0.732. The molecule has 1 fully saturated rings. The first kappa shape index (κ1) is 16.7. The Bertz CT molecular complexity index is 656. The molecule has 128 valence electrons. The minimum absolute atomic E-state index is 0.0114. The lowest BCUT2D eigenvalue weighted by Gasteiger charge is -2.25. The van der Waals surface area contributed by atoms with Crippen LogP contribution in [-0.4, -0.2) is 35.6 Å². The highest BCUT2D eigenvalue weighted by Gasteiger charge is 2.22. The van der Waals surface area contributed by atoms with Gasteiger partial charge in [0.05, 0.1) is 18.2 Å². The van der Waals surface area contributed by atoms with Crippen LogP contribution in [0.1, 0.15) is 41.5 Å². The van der Waals surface area contributed by atoms with E-state index in [0.29, 0.717) is 6.42 Å². The second kappa shape index (κ2) is 7.62. The molecule has 1 unspecified atom stereocenters. The largest absolute Gasteiger partial charge is 0.361 e. The molecule has 0 bridgehead atoms. The van der Waals surface area contributed by atoms with Crippen LogP contribution in [0.15, 0.2) is 34.9 Å². The van der Waals surface area contributed by atoms with Crippen molar-refractivity contribution >= 4 is 5.91 Å². The van der Waals surface area contributed by atoms with Gasteiger partial charge in [0, 0.05) is 12.1 Å². The number of nitrogens with one attached hydrogen (secondary N) is 1. The van der Waals surface area contributed by atoms with E-state index in [1.807, 2.05) is 32.0 Å². The maximum absolute atomic E-state index is 12.6. The normalized spacial score (nSPS) is 16.2. The lowest BCUT2D eigenvalue weighted by atomic mass is 10.1. The van der Waals surface area contributed by atoms with E-state index in [4.69, 9.17) is 4.52 Å². The molecule has 0 saturated carbocycles. The van der Waals surface area contributed by atoms with Gasteiger partial charge in [0.25, 0.3) is 0 Å². The van der Waals surface area contributed by atoms with E-state index >= 15 is 0 Å². The summed E-state index contributed by atoms with van der Waals surface area (Å²) in [5.41, 5.74) is 2.83. The monoisotopic (exact) mass is 327 g/mol. The van der Waals surface area contributed by atoms with Gasteiger partial charge >= 0.3 is 0 Å². The predicted octanol–water partition coefficient (Wildman–Crippen LogP) is 2.79. The van der Waals surface area contributed by atoms with E-state index in [2.05, 4.69) is 27.5 Å². The van der Waals surface area contributed by atoms with Crippen LogP contribution in [0, 0.1) is 13.8 Å². The van der Waals surface area contributed by atoms with Gasteiger partial charge in [-0.3, -0.25) is 4.79 Å². The molecule has 3 rings (SSSR count). The van der Waals surface area contributed by atoms with Crippen molar-refractivity contribution in [3.05, 3.63) is 52.9 Å². The summed E-state index contributed by atoms with van der Waals surface area (Å²) in [6.07, 6.45) is 2.80. The highest BCUT2D eigenvalue weighted by atomic mass is 16.5. The summed E-state index contributed by atoms with van der Waals surface area (Å²) in [7, 11) is 0. The van der Waals surface area contributed by atoms with E-state index in [1.165, 1.54) is 12.8 Å². The Hall–Kier alpha value is -2.14. The number of benzene rings is 1. The second-order valence-electron chi connectivity index (χ2n) is 6.52. The quantitative estimate of drug-likeness (QED) is 0.886. The van der Waals surface area contributed by atoms with Gasteiger partial charge in [0.2, 0.25) is 5.91 Å². The number of amides is 1. The molecule has 1 atom stereocenters. The van der Waals surface area contributed by atoms with Crippen LogP contribution in [0.2, 0.25) is 0 Å². The fraction of sp³-hybridized carbons (Fsp3) is 0.474. The Labute approximate surface area is 143 Å². The third kappa shape index (κ3) is 4.03. The van der Waals surface area contributed by atoms with Crippen LogP contribution in [0.4, 0.5) is 0 Å². The summed E-state index contributed by atoms with van der Waals surface area (Å²) in [6, 6.07) is 10.2. The van der Waals surface area contributed by atoms with Gasteiger partial charge in [0.15, 0.2) is 0 Å². The van der Waals surface area contributed by atoms with Crippen LogP contribution in [0.25, 0.3) is 0 Å². The molecule has 24 heavy (non-hydrogen) atoms. The van der Waals surface area contributed by atoms with E-state index < -0.39 is 0 Å². The number of carbonyl (C=O) groups is 1. The third-order valence-corrected chi connectivity index (χ3v) is 4.70. The van der Waals surface area contributed by atoms with Gasteiger partial charge in [0.1, 0.15) is 5.76 Å². The third-order valence-electron chi connectivity index (χ3n) is 4.70. The minimum Gasteiger partial charge on any atom is -0.361 e. The van der Waals surface area contributed by atoms with Crippen LogP contribution >= 0.6 is 0 Å². The lowest BCUT2D eigenvalue weighted by Crippen LogP contribution is -2.37. The van der Waals surface area contributed by atoms with Gasteiger partial charge < -0.3 is 14.7 Å². The zero-order valence-corrected chi connectivity index (χ0v) is 14.4. The molecular weight excluding hydrogens is 302 g/mol. The molecule has 1 saturated heterocycles. The van der Waals surface area contributed by atoms with Gasteiger partial charge in [-0.1, -0.05) is 35.5 Å². The SMILES string of the molecule is Cc1noc(C)c1CC(=O)NC(CN1CCCC1)c1ccccc1. The second-order valence-corrected chi connectivity index (χ2v) is 6.52. The van der Waals surface area contributed by atoms with E-state index in [9.17, 15) is 4.79 Å². The Kier molecular flexibility index (Phi) is 5.30. The highest BCUT2D eigenvalue weighted by Crippen LogP contribution is 2.19. The van der Waals surface area contributed by atoms with Crippen molar-refractivity contribution in [1.29, 1.82) is 0 Å². The molecule has 1 aliphatic rings. The number of rotatable bonds is 6. The Balaban J connectivity index is 1.69. The topological polar surface area (TPSA) is 58.4 Å². The minimum atomic E-state index is 0.0114. The summed E-state index contributed by atoms with van der Waals surface area (Å²) in [5, 5.41) is 7.13. The molecule has 5 heteroatoms. The molecule has 1 aromatic carbocycles. The average molecular weight is 327 g/mol. The Morgan fingerprint density at radius 1 is 1.25 bits per heavy atom. The molecule has 0 radical (unpaired) electrons. The number of aryl methyl sites for hydroxylation is 2. The van der Waals surface area contributed by atoms with E-state index in [1.54, 1.807) is 0 Å². The van der Waals surface area contributed by atoms with E-state index in [0.717, 1.165) is 42.2 Å². The number of likely N-dealkylation sites (tertiary alicyclic amines) is 1. The van der Waals surface area contributed by atoms with Gasteiger partial charge in [-0.25, -0.2) is 0 Å². The van der Waals surface area contributed by atoms with Crippen molar-refractivity contribution in [2.75, 3.05) is 19.6 Å². The van der Waals surface area contributed by atoms with Gasteiger partial charge in [-0.15, -0.1) is 0 Å². The fourth-order valence-electron chi connectivity index (χ4n) is 3.30. The molecule has 1 aliphatic heterocycles. The molecular formula is C19H25N3O2. The molecule has 1 N–H and O–H groups in total. The van der Waals surface area contributed by atoms with Crippen molar-refractivity contribution in [2.45, 2.75) is 39.2 Å². The van der Waals surface area contributed by atoms with Crippen molar-refractivity contribution in [2.24, 2.45) is 0 Å². The molecule has 1 amide bonds. The standard InChI is InChI=1S/C19H25N3O2/c1-14-17(15(2)24-21-14)12-19(23)20-18(13-22-10-6-7-11-22)16-8-4-3-5-9-16/h3-5,8-9,18H,6-7,10-13H2,1-2H3,(H,20,23). The Morgan fingerprint density at radius 3 is 2.58 bits per heavy atom. The summed E-state index contributed by atoms with van der Waals surface area (Å²) >= 11 is 0. The van der Waals surface area contributed by atoms with Gasteiger partial charge in [-0.05, 0) is 45.3 Å². The first-order chi connectivity index (χ1) is 11.6. The van der Waals surface area contributed by atoms with Crippen LogP contribution in [0.5, 0.6) is 0 Å². The van der Waals surface area contributed by atoms with E-state index in [-0.39, 0.29) is 11.9 Å². The van der Waals surface area contributed by atoms with Crippen molar-refractivity contribution in [1.82, 2.24) is 15.4 Å². The van der Waals surface area contributed by atoms with Crippen LogP contribution < -0.4 is 5.32 Å². The summed E-state index contributed by atoms with van der Waals surface area (Å²) < 4.78 is 5.16. The number of carbonyl (C=O) groups excluding carboxylic acids is 1. The molecule has 0 spiro atoms. The first-order valence-electron chi connectivity index (χ1n) is 8.62. The summed E-state index contributed by atoms with van der Waals surface area (Å²) in [6.45, 7) is 6.81. The predicted molar refractivity (Wildman–Crippen MR) is 92.7 cm³/mol. The average Bonchev–Trinajstić information content (AvgIpc) is 3.20. The lowest BCUT2D eigenvalue weighted by molar-refractivity contribution is -0.121. The van der Waals surface area contributed by atoms with Gasteiger partial charge in [-0.2, -0.15) is 0 Å². The van der Waals surface area contributed by atoms with Crippen LogP contribution in [-0.2, 0) is 11.2 Å². The Morgan fingerprint density at radius 2 is 1.96 bits per heavy atom.